The number of para-hydroxylation sites is 2. The number of aromatic nitrogens is 2. The zero-order chi connectivity index (χ0) is 25.2. The lowest BCUT2D eigenvalue weighted by Crippen LogP contribution is -2.44. The number of nitrogens with one attached hydrogen (secondary N) is 1. The van der Waals surface area contributed by atoms with E-state index < -0.39 is 30.4 Å². The number of fused-ring (bicyclic) bond motifs is 1. The molecule has 1 unspecified atom stereocenters. The van der Waals surface area contributed by atoms with Crippen molar-refractivity contribution < 1.29 is 27.5 Å². The van der Waals surface area contributed by atoms with E-state index >= 15 is 0 Å². The normalized spacial score (nSPS) is 16.0. The number of aryl methyl sites for hydroxylation is 1. The number of hydrogen-bond donors (Lipinski definition) is 1. The predicted molar refractivity (Wildman–Crippen MR) is 125 cm³/mol. The van der Waals surface area contributed by atoms with Gasteiger partial charge in [0.25, 0.3) is 0 Å². The number of halogens is 3. The van der Waals surface area contributed by atoms with E-state index in [-0.39, 0.29) is 30.2 Å². The van der Waals surface area contributed by atoms with Crippen molar-refractivity contribution in [2.24, 2.45) is 0 Å². The number of amides is 2. The largest absolute Gasteiger partial charge is 0.449 e. The van der Waals surface area contributed by atoms with E-state index in [1.807, 2.05) is 26.0 Å². The number of benzene rings is 2. The molecule has 2 aromatic carbocycles. The van der Waals surface area contributed by atoms with Crippen LogP contribution >= 0.6 is 0 Å². The molecule has 1 fully saturated rings. The summed E-state index contributed by atoms with van der Waals surface area (Å²) >= 11 is 0. The Morgan fingerprint density at radius 1 is 1.17 bits per heavy atom. The first-order chi connectivity index (χ1) is 16.6. The number of anilines is 1. The molecule has 1 N–H and O–H groups in total. The van der Waals surface area contributed by atoms with Gasteiger partial charge in [-0.3, -0.25) is 9.59 Å². The van der Waals surface area contributed by atoms with Gasteiger partial charge < -0.3 is 19.5 Å². The first-order valence-electron chi connectivity index (χ1n) is 11.4. The van der Waals surface area contributed by atoms with E-state index in [0.29, 0.717) is 18.7 Å². The van der Waals surface area contributed by atoms with Crippen molar-refractivity contribution in [3.63, 3.8) is 0 Å². The SMILES string of the molecule is Cc1cccc(NC(=O)CN(CC2CCCO2)C(=O)Cn2c(C(F)(F)F)nc3ccccc32)c1C. The van der Waals surface area contributed by atoms with Crippen molar-refractivity contribution >= 4 is 28.5 Å². The number of carbonyl (C=O) groups is 2. The van der Waals surface area contributed by atoms with Crippen LogP contribution < -0.4 is 5.32 Å². The Morgan fingerprint density at radius 2 is 1.94 bits per heavy atom. The molecule has 1 aliphatic rings. The lowest BCUT2D eigenvalue weighted by atomic mass is 10.1. The van der Waals surface area contributed by atoms with Gasteiger partial charge in [0.15, 0.2) is 0 Å². The summed E-state index contributed by atoms with van der Waals surface area (Å²) in [5, 5.41) is 2.81. The summed E-state index contributed by atoms with van der Waals surface area (Å²) in [6, 6.07) is 11.6. The fourth-order valence-corrected chi connectivity index (χ4v) is 4.23. The number of rotatable bonds is 7. The molecule has 0 aliphatic carbocycles. The number of nitrogens with zero attached hydrogens (tertiary/aromatic N) is 3. The Balaban J connectivity index is 1.58. The molecule has 0 bridgehead atoms. The van der Waals surface area contributed by atoms with Gasteiger partial charge in [0.1, 0.15) is 13.1 Å². The molecule has 1 saturated heterocycles. The first-order valence-corrected chi connectivity index (χ1v) is 11.4. The molecule has 7 nitrogen and oxygen atoms in total. The van der Waals surface area contributed by atoms with Crippen LogP contribution in [0.5, 0.6) is 0 Å². The van der Waals surface area contributed by atoms with Gasteiger partial charge in [0.05, 0.1) is 17.1 Å². The van der Waals surface area contributed by atoms with Crippen LogP contribution in [0.3, 0.4) is 0 Å². The monoisotopic (exact) mass is 488 g/mol. The van der Waals surface area contributed by atoms with Crippen LogP contribution in [0.1, 0.15) is 29.8 Å². The van der Waals surface area contributed by atoms with Gasteiger partial charge in [-0.2, -0.15) is 13.2 Å². The lowest BCUT2D eigenvalue weighted by Gasteiger charge is -2.26. The van der Waals surface area contributed by atoms with Gasteiger partial charge in [-0.1, -0.05) is 24.3 Å². The molecule has 4 rings (SSSR count). The summed E-state index contributed by atoms with van der Waals surface area (Å²) in [4.78, 5) is 31.1. The highest BCUT2D eigenvalue weighted by Crippen LogP contribution is 2.31. The molecule has 1 aliphatic heterocycles. The highest BCUT2D eigenvalue weighted by molar-refractivity contribution is 5.95. The number of imidazole rings is 1. The molecular weight excluding hydrogens is 461 g/mol. The first kappa shape index (κ1) is 24.7. The Kier molecular flexibility index (Phi) is 7.11. The number of alkyl halides is 3. The summed E-state index contributed by atoms with van der Waals surface area (Å²) in [6.07, 6.45) is -3.47. The van der Waals surface area contributed by atoms with Crippen LogP contribution in [-0.4, -0.2) is 52.1 Å². The maximum absolute atomic E-state index is 13.7. The lowest BCUT2D eigenvalue weighted by molar-refractivity contribution is -0.148. The molecule has 0 spiro atoms. The van der Waals surface area contributed by atoms with E-state index in [2.05, 4.69) is 10.3 Å². The maximum Gasteiger partial charge on any atom is 0.449 e. The minimum absolute atomic E-state index is 0.118. The summed E-state index contributed by atoms with van der Waals surface area (Å²) in [6.45, 7) is 3.56. The van der Waals surface area contributed by atoms with Gasteiger partial charge in [0, 0.05) is 18.8 Å². The van der Waals surface area contributed by atoms with Crippen LogP contribution in [0.15, 0.2) is 42.5 Å². The average Bonchev–Trinajstić information content (AvgIpc) is 3.44. The summed E-state index contributed by atoms with van der Waals surface area (Å²) in [5.41, 5.74) is 2.87. The van der Waals surface area contributed by atoms with Crippen molar-refractivity contribution in [2.45, 2.75) is 45.5 Å². The van der Waals surface area contributed by atoms with Crippen molar-refractivity contribution in [3.8, 4) is 0 Å². The number of carbonyl (C=O) groups excluding carboxylic acids is 2. The van der Waals surface area contributed by atoms with Gasteiger partial charge >= 0.3 is 6.18 Å². The molecule has 1 atom stereocenters. The molecule has 2 heterocycles. The van der Waals surface area contributed by atoms with E-state index in [1.54, 1.807) is 18.2 Å². The number of hydrogen-bond acceptors (Lipinski definition) is 4. The Labute approximate surface area is 200 Å². The smallest absolute Gasteiger partial charge is 0.376 e. The van der Waals surface area contributed by atoms with E-state index in [4.69, 9.17) is 4.74 Å². The quantitative estimate of drug-likeness (QED) is 0.538. The minimum atomic E-state index is -4.74. The summed E-state index contributed by atoms with van der Waals surface area (Å²) in [7, 11) is 0. The van der Waals surface area contributed by atoms with Crippen LogP contribution in [-0.2, 0) is 27.0 Å². The third kappa shape index (κ3) is 5.64. The highest BCUT2D eigenvalue weighted by Gasteiger charge is 2.38. The second kappa shape index (κ2) is 10.1. The van der Waals surface area contributed by atoms with Gasteiger partial charge in [0.2, 0.25) is 17.6 Å². The van der Waals surface area contributed by atoms with Crippen LogP contribution in [0, 0.1) is 13.8 Å². The molecular formula is C25H27F3N4O3. The third-order valence-electron chi connectivity index (χ3n) is 6.22. The molecule has 186 valence electrons. The van der Waals surface area contributed by atoms with Crippen molar-refractivity contribution in [1.82, 2.24) is 14.5 Å². The molecule has 10 heteroatoms. The average molecular weight is 489 g/mol. The molecule has 0 saturated carbocycles. The van der Waals surface area contributed by atoms with Gasteiger partial charge in [-0.05, 0) is 56.0 Å². The van der Waals surface area contributed by atoms with Crippen LogP contribution in [0.4, 0.5) is 18.9 Å². The Hall–Kier alpha value is -3.40. The predicted octanol–water partition coefficient (Wildman–Crippen LogP) is 4.32. The third-order valence-corrected chi connectivity index (χ3v) is 6.22. The fourth-order valence-electron chi connectivity index (χ4n) is 4.23. The maximum atomic E-state index is 13.7. The summed E-state index contributed by atoms with van der Waals surface area (Å²) < 4.78 is 47.6. The van der Waals surface area contributed by atoms with Crippen molar-refractivity contribution in [1.29, 1.82) is 0 Å². The molecule has 3 aromatic rings. The van der Waals surface area contributed by atoms with E-state index in [9.17, 15) is 22.8 Å². The zero-order valence-electron chi connectivity index (χ0n) is 19.6. The second-order valence-electron chi connectivity index (χ2n) is 8.71. The fraction of sp³-hybridized carbons (Fsp3) is 0.400. The Bertz CT molecular complexity index is 1230. The van der Waals surface area contributed by atoms with E-state index in [0.717, 1.165) is 22.1 Å². The molecule has 1 aromatic heterocycles. The van der Waals surface area contributed by atoms with E-state index in [1.165, 1.54) is 17.0 Å². The Morgan fingerprint density at radius 3 is 2.66 bits per heavy atom. The van der Waals surface area contributed by atoms with Crippen LogP contribution in [0.25, 0.3) is 11.0 Å². The van der Waals surface area contributed by atoms with Crippen molar-refractivity contribution in [2.75, 3.05) is 25.0 Å². The highest BCUT2D eigenvalue weighted by atomic mass is 19.4. The van der Waals surface area contributed by atoms with Gasteiger partial charge in [-0.15, -0.1) is 0 Å². The van der Waals surface area contributed by atoms with Crippen LogP contribution in [0.2, 0.25) is 0 Å². The minimum Gasteiger partial charge on any atom is -0.376 e. The van der Waals surface area contributed by atoms with Gasteiger partial charge in [-0.25, -0.2) is 4.98 Å². The zero-order valence-corrected chi connectivity index (χ0v) is 19.6. The molecule has 2 amide bonds. The standard InChI is InChI=1S/C25H27F3N4O3/c1-16-7-5-10-19(17(16)2)29-22(33)14-31(13-18-8-6-12-35-18)23(34)15-32-21-11-4-3-9-20(21)30-24(32)25(26,27)28/h3-5,7,9-11,18H,6,8,12-15H2,1-2H3,(H,29,33). The van der Waals surface area contributed by atoms with Crippen molar-refractivity contribution in [3.05, 3.63) is 59.4 Å². The molecule has 35 heavy (non-hydrogen) atoms. The summed E-state index contributed by atoms with van der Waals surface area (Å²) in [5.74, 6) is -2.20. The number of ether oxygens (including phenoxy) is 1. The topological polar surface area (TPSA) is 76.5 Å². The molecule has 0 radical (unpaired) electrons. The second-order valence-corrected chi connectivity index (χ2v) is 8.71.